The molecule has 0 saturated heterocycles. The molecule has 2 aromatic carbocycles. The number of hydrogen-bond donors (Lipinski definition) is 1. The number of hydrogen-bond acceptors (Lipinski definition) is 1. The Labute approximate surface area is 121 Å². The Morgan fingerprint density at radius 2 is 1.45 bits per heavy atom. The second kappa shape index (κ2) is 7.51. The highest BCUT2D eigenvalue weighted by atomic mass is 16.5. The number of quaternary nitrogens is 1. The molecule has 0 fully saturated rings. The zero-order valence-electron chi connectivity index (χ0n) is 12.2. The molecule has 0 aliphatic rings. The van der Waals surface area contributed by atoms with Gasteiger partial charge in [0.15, 0.2) is 0 Å². The van der Waals surface area contributed by atoms with Crippen molar-refractivity contribution in [2.75, 3.05) is 27.2 Å². The van der Waals surface area contributed by atoms with Gasteiger partial charge in [0, 0.05) is 0 Å². The quantitative estimate of drug-likeness (QED) is 0.794. The second-order valence-electron chi connectivity index (χ2n) is 5.12. The number of likely N-dealkylation sites (N-methyl/N-ethyl adjacent to an activating group) is 1. The van der Waals surface area contributed by atoms with Crippen LogP contribution in [0, 0.1) is 0 Å². The molecule has 2 nitrogen and oxygen atoms in total. The molecule has 2 rings (SSSR count). The summed E-state index contributed by atoms with van der Waals surface area (Å²) in [6.07, 6.45) is 4.23. The van der Waals surface area contributed by atoms with Crippen molar-refractivity contribution in [1.29, 1.82) is 0 Å². The summed E-state index contributed by atoms with van der Waals surface area (Å²) in [5, 5.41) is 0. The van der Waals surface area contributed by atoms with Gasteiger partial charge in [0.1, 0.15) is 18.9 Å². The van der Waals surface area contributed by atoms with Gasteiger partial charge in [0.25, 0.3) is 0 Å². The van der Waals surface area contributed by atoms with Gasteiger partial charge in [-0.3, -0.25) is 0 Å². The van der Waals surface area contributed by atoms with Gasteiger partial charge in [-0.05, 0) is 23.3 Å². The smallest absolute Gasteiger partial charge is 0.137 e. The first-order valence-corrected chi connectivity index (χ1v) is 6.99. The van der Waals surface area contributed by atoms with Crippen molar-refractivity contribution in [3.05, 3.63) is 65.7 Å². The average molecular weight is 268 g/mol. The van der Waals surface area contributed by atoms with E-state index < -0.39 is 0 Å². The van der Waals surface area contributed by atoms with Crippen LogP contribution >= 0.6 is 0 Å². The SMILES string of the molecule is C[NH+](C)CCOc1ccc(/C=C/c2ccccc2)cc1. The van der Waals surface area contributed by atoms with Crippen LogP contribution in [0.3, 0.4) is 0 Å². The molecule has 0 radical (unpaired) electrons. The number of ether oxygens (including phenoxy) is 1. The number of rotatable bonds is 6. The molecule has 0 spiro atoms. The monoisotopic (exact) mass is 268 g/mol. The molecule has 20 heavy (non-hydrogen) atoms. The van der Waals surface area contributed by atoms with E-state index in [1.807, 2.05) is 30.3 Å². The summed E-state index contributed by atoms with van der Waals surface area (Å²) >= 11 is 0. The fraction of sp³-hybridized carbons (Fsp3) is 0.222. The lowest BCUT2D eigenvalue weighted by molar-refractivity contribution is -0.858. The Morgan fingerprint density at radius 1 is 0.850 bits per heavy atom. The zero-order chi connectivity index (χ0) is 14.2. The fourth-order valence-electron chi connectivity index (χ4n) is 1.80. The Bertz CT molecular complexity index is 529. The van der Waals surface area contributed by atoms with E-state index in [2.05, 4.69) is 50.5 Å². The van der Waals surface area contributed by atoms with E-state index in [4.69, 9.17) is 4.74 Å². The third-order valence-electron chi connectivity index (χ3n) is 3.02. The largest absolute Gasteiger partial charge is 0.488 e. The minimum Gasteiger partial charge on any atom is -0.488 e. The summed E-state index contributed by atoms with van der Waals surface area (Å²) in [5.41, 5.74) is 2.39. The number of nitrogens with one attached hydrogen (secondary N) is 1. The molecule has 0 saturated carbocycles. The van der Waals surface area contributed by atoms with E-state index in [9.17, 15) is 0 Å². The van der Waals surface area contributed by atoms with Gasteiger partial charge in [-0.25, -0.2) is 0 Å². The average Bonchev–Trinajstić information content (AvgIpc) is 2.47. The predicted molar refractivity (Wildman–Crippen MR) is 85.0 cm³/mol. The van der Waals surface area contributed by atoms with Crippen molar-refractivity contribution in [2.24, 2.45) is 0 Å². The van der Waals surface area contributed by atoms with Crippen LogP contribution in [0.2, 0.25) is 0 Å². The first-order valence-electron chi connectivity index (χ1n) is 6.99. The van der Waals surface area contributed by atoms with Crippen molar-refractivity contribution < 1.29 is 9.64 Å². The molecular weight excluding hydrogens is 246 g/mol. The van der Waals surface area contributed by atoms with Crippen LogP contribution in [0.25, 0.3) is 12.2 Å². The highest BCUT2D eigenvalue weighted by Gasteiger charge is 1.96. The molecule has 0 aromatic heterocycles. The summed E-state index contributed by atoms with van der Waals surface area (Å²) < 4.78 is 5.69. The van der Waals surface area contributed by atoms with Crippen molar-refractivity contribution in [3.8, 4) is 5.75 Å². The molecule has 0 heterocycles. The maximum atomic E-state index is 5.69. The first-order chi connectivity index (χ1) is 9.74. The molecular formula is C18H22NO+. The van der Waals surface area contributed by atoms with Gasteiger partial charge in [0.05, 0.1) is 14.1 Å². The summed E-state index contributed by atoms with van der Waals surface area (Å²) in [7, 11) is 4.25. The predicted octanol–water partition coefficient (Wildman–Crippen LogP) is 2.38. The standard InChI is InChI=1S/C18H21NO/c1-19(2)14-15-20-18-12-10-17(11-13-18)9-8-16-6-4-3-5-7-16/h3-13H,14-15H2,1-2H3/p+1/b9-8+. The van der Waals surface area contributed by atoms with E-state index in [-0.39, 0.29) is 0 Å². The highest BCUT2D eigenvalue weighted by Crippen LogP contribution is 2.14. The van der Waals surface area contributed by atoms with Crippen molar-refractivity contribution >= 4 is 12.2 Å². The molecule has 0 aliphatic heterocycles. The lowest BCUT2D eigenvalue weighted by atomic mass is 10.1. The summed E-state index contributed by atoms with van der Waals surface area (Å²) in [4.78, 5) is 1.40. The van der Waals surface area contributed by atoms with Gasteiger partial charge in [-0.2, -0.15) is 0 Å². The summed E-state index contributed by atoms with van der Waals surface area (Å²) in [6.45, 7) is 1.76. The summed E-state index contributed by atoms with van der Waals surface area (Å²) in [6, 6.07) is 18.5. The molecule has 0 bridgehead atoms. The van der Waals surface area contributed by atoms with Crippen molar-refractivity contribution in [2.45, 2.75) is 0 Å². The van der Waals surface area contributed by atoms with Crippen LogP contribution < -0.4 is 9.64 Å². The van der Waals surface area contributed by atoms with E-state index in [1.54, 1.807) is 0 Å². The Morgan fingerprint density at radius 3 is 2.05 bits per heavy atom. The molecule has 0 aliphatic carbocycles. The molecule has 2 aromatic rings. The highest BCUT2D eigenvalue weighted by molar-refractivity contribution is 5.69. The third-order valence-corrected chi connectivity index (χ3v) is 3.02. The second-order valence-corrected chi connectivity index (χ2v) is 5.12. The maximum Gasteiger partial charge on any atom is 0.137 e. The van der Waals surface area contributed by atoms with Gasteiger partial charge in [-0.1, -0.05) is 54.6 Å². The minimum absolute atomic E-state index is 0.752. The zero-order valence-corrected chi connectivity index (χ0v) is 12.2. The van der Waals surface area contributed by atoms with Gasteiger partial charge < -0.3 is 9.64 Å². The van der Waals surface area contributed by atoms with E-state index >= 15 is 0 Å². The van der Waals surface area contributed by atoms with Crippen LogP contribution in [0.15, 0.2) is 54.6 Å². The third kappa shape index (κ3) is 4.90. The van der Waals surface area contributed by atoms with Crippen LogP contribution in [0.1, 0.15) is 11.1 Å². The van der Waals surface area contributed by atoms with Crippen molar-refractivity contribution in [1.82, 2.24) is 0 Å². The fourth-order valence-corrected chi connectivity index (χ4v) is 1.80. The number of benzene rings is 2. The van der Waals surface area contributed by atoms with E-state index in [1.165, 1.54) is 16.0 Å². The van der Waals surface area contributed by atoms with Crippen LogP contribution in [0.4, 0.5) is 0 Å². The molecule has 0 amide bonds. The van der Waals surface area contributed by atoms with Gasteiger partial charge in [-0.15, -0.1) is 0 Å². The molecule has 0 atom stereocenters. The minimum atomic E-state index is 0.752. The normalized spacial score (nSPS) is 11.2. The lowest BCUT2D eigenvalue weighted by Crippen LogP contribution is -3.06. The first kappa shape index (κ1) is 14.4. The van der Waals surface area contributed by atoms with Crippen LogP contribution in [0.5, 0.6) is 5.75 Å². The van der Waals surface area contributed by atoms with E-state index in [0.717, 1.165) is 18.9 Å². The van der Waals surface area contributed by atoms with Gasteiger partial charge in [0.2, 0.25) is 0 Å². The Kier molecular flexibility index (Phi) is 5.39. The van der Waals surface area contributed by atoms with Gasteiger partial charge >= 0.3 is 0 Å². The Balaban J connectivity index is 1.90. The molecule has 0 unspecified atom stereocenters. The lowest BCUT2D eigenvalue weighted by Gasteiger charge is -2.09. The van der Waals surface area contributed by atoms with E-state index in [0.29, 0.717) is 0 Å². The Hall–Kier alpha value is -2.06. The molecule has 2 heteroatoms. The maximum absolute atomic E-state index is 5.69. The van der Waals surface area contributed by atoms with Crippen LogP contribution in [-0.4, -0.2) is 27.2 Å². The van der Waals surface area contributed by atoms with Crippen molar-refractivity contribution in [3.63, 3.8) is 0 Å². The molecule has 1 N–H and O–H groups in total. The topological polar surface area (TPSA) is 13.7 Å². The van der Waals surface area contributed by atoms with Crippen LogP contribution in [-0.2, 0) is 0 Å². The molecule has 104 valence electrons. The summed E-state index contributed by atoms with van der Waals surface area (Å²) in [5.74, 6) is 0.933.